The Labute approximate surface area is 141 Å². The molecule has 1 aromatic heterocycles. The Balaban J connectivity index is 1.75. The monoisotopic (exact) mass is 333 g/mol. The van der Waals surface area contributed by atoms with Crippen molar-refractivity contribution < 1.29 is 9.21 Å². The van der Waals surface area contributed by atoms with Crippen LogP contribution >= 0.6 is 11.8 Å². The molecule has 0 fully saturated rings. The highest BCUT2D eigenvalue weighted by Crippen LogP contribution is 2.23. The van der Waals surface area contributed by atoms with E-state index in [4.69, 9.17) is 4.42 Å². The molecule has 0 bridgehead atoms. The van der Waals surface area contributed by atoms with E-state index >= 15 is 0 Å². The Morgan fingerprint density at radius 3 is 2.91 bits per heavy atom. The van der Waals surface area contributed by atoms with Gasteiger partial charge in [-0.2, -0.15) is 0 Å². The quantitative estimate of drug-likeness (QED) is 0.558. The number of nitrogens with one attached hydrogen (secondary N) is 1. The molecule has 0 radical (unpaired) electrons. The number of unbranched alkanes of at least 4 members (excludes halogenated alkanes) is 3. The van der Waals surface area contributed by atoms with Gasteiger partial charge in [0.15, 0.2) is 0 Å². The van der Waals surface area contributed by atoms with E-state index < -0.39 is 0 Å². The molecular weight excluding hydrogens is 310 g/mol. The van der Waals surface area contributed by atoms with Crippen LogP contribution in [0.3, 0.4) is 0 Å². The van der Waals surface area contributed by atoms with Gasteiger partial charge in [-0.1, -0.05) is 55.6 Å². The summed E-state index contributed by atoms with van der Waals surface area (Å²) >= 11 is 1.26. The third kappa shape index (κ3) is 6.06. The highest BCUT2D eigenvalue weighted by atomic mass is 32.2. The summed E-state index contributed by atoms with van der Waals surface area (Å²) in [4.78, 5) is 11.7. The van der Waals surface area contributed by atoms with Crippen LogP contribution in [0, 0.1) is 6.92 Å². The molecule has 0 saturated heterocycles. The topological polar surface area (TPSA) is 68.0 Å². The molecule has 2 rings (SSSR count). The lowest BCUT2D eigenvalue weighted by Gasteiger charge is -2.03. The Kier molecular flexibility index (Phi) is 7.13. The Bertz CT molecular complexity index is 628. The fourth-order valence-corrected chi connectivity index (χ4v) is 2.71. The average Bonchev–Trinajstić information content (AvgIpc) is 3.02. The number of carbonyl (C=O) groups excluding carboxylic acids is 1. The second-order valence-corrected chi connectivity index (χ2v) is 6.37. The van der Waals surface area contributed by atoms with E-state index in [1.54, 1.807) is 0 Å². The minimum absolute atomic E-state index is 0.00167. The Hall–Kier alpha value is -1.82. The first-order valence-corrected chi connectivity index (χ1v) is 8.97. The minimum Gasteiger partial charge on any atom is -0.411 e. The molecule has 6 heteroatoms. The van der Waals surface area contributed by atoms with Gasteiger partial charge in [0.2, 0.25) is 11.8 Å². The molecule has 2 aromatic rings. The first kappa shape index (κ1) is 17.5. The molecule has 0 aliphatic rings. The van der Waals surface area contributed by atoms with Crippen LogP contribution in [0.15, 0.2) is 33.9 Å². The van der Waals surface area contributed by atoms with Crippen LogP contribution in [0.2, 0.25) is 0 Å². The van der Waals surface area contributed by atoms with Gasteiger partial charge < -0.3 is 9.73 Å². The van der Waals surface area contributed by atoms with Crippen LogP contribution in [0.4, 0.5) is 0 Å². The number of hydrogen-bond acceptors (Lipinski definition) is 5. The minimum atomic E-state index is 0.00167. The summed E-state index contributed by atoms with van der Waals surface area (Å²) < 4.78 is 5.59. The van der Waals surface area contributed by atoms with E-state index in [9.17, 15) is 4.79 Å². The van der Waals surface area contributed by atoms with Gasteiger partial charge in [0.1, 0.15) is 0 Å². The predicted octanol–water partition coefficient (Wildman–Crippen LogP) is 3.83. The SMILES string of the molecule is CCCCCCNC(=O)CSc1nnc(-c2cccc(C)c2)o1. The Morgan fingerprint density at radius 1 is 1.26 bits per heavy atom. The molecule has 1 N–H and O–H groups in total. The van der Waals surface area contributed by atoms with E-state index in [2.05, 4.69) is 22.4 Å². The van der Waals surface area contributed by atoms with Crippen molar-refractivity contribution in [1.29, 1.82) is 0 Å². The van der Waals surface area contributed by atoms with Crippen LogP contribution in [0.1, 0.15) is 38.2 Å². The number of aromatic nitrogens is 2. The maximum absolute atomic E-state index is 11.7. The predicted molar refractivity (Wildman–Crippen MR) is 92.3 cm³/mol. The summed E-state index contributed by atoms with van der Waals surface area (Å²) in [6, 6.07) is 7.89. The summed E-state index contributed by atoms with van der Waals surface area (Å²) in [5, 5.41) is 11.3. The van der Waals surface area contributed by atoms with Crippen molar-refractivity contribution in [3.63, 3.8) is 0 Å². The van der Waals surface area contributed by atoms with Gasteiger partial charge >= 0.3 is 0 Å². The zero-order valence-corrected chi connectivity index (χ0v) is 14.5. The normalized spacial score (nSPS) is 10.7. The summed E-state index contributed by atoms with van der Waals surface area (Å²) in [5.74, 6) is 0.779. The number of rotatable bonds is 9. The molecule has 0 spiro atoms. The molecule has 1 amide bonds. The van der Waals surface area contributed by atoms with Crippen LogP contribution < -0.4 is 5.32 Å². The van der Waals surface area contributed by atoms with Gasteiger partial charge in [-0.3, -0.25) is 4.79 Å². The molecule has 124 valence electrons. The van der Waals surface area contributed by atoms with Gasteiger partial charge in [0.05, 0.1) is 5.75 Å². The van der Waals surface area contributed by atoms with Crippen LogP contribution in [-0.2, 0) is 4.79 Å². The fourth-order valence-electron chi connectivity index (χ4n) is 2.12. The number of thioether (sulfide) groups is 1. The van der Waals surface area contributed by atoms with Gasteiger partial charge in [-0.15, -0.1) is 10.2 Å². The lowest BCUT2D eigenvalue weighted by atomic mass is 10.1. The van der Waals surface area contributed by atoms with Crippen LogP contribution in [0.25, 0.3) is 11.5 Å². The first-order chi connectivity index (χ1) is 11.2. The zero-order chi connectivity index (χ0) is 16.5. The molecule has 0 aliphatic heterocycles. The van der Waals surface area contributed by atoms with E-state index in [0.717, 1.165) is 30.5 Å². The summed E-state index contributed by atoms with van der Waals surface area (Å²) in [7, 11) is 0. The van der Waals surface area contributed by atoms with Crippen molar-refractivity contribution in [2.45, 2.75) is 44.8 Å². The lowest BCUT2D eigenvalue weighted by Crippen LogP contribution is -2.26. The second-order valence-electron chi connectivity index (χ2n) is 5.44. The molecule has 1 aromatic carbocycles. The van der Waals surface area contributed by atoms with Crippen molar-refractivity contribution >= 4 is 17.7 Å². The second kappa shape index (κ2) is 9.35. The summed E-state index contributed by atoms with van der Waals surface area (Å²) in [6.07, 6.45) is 4.61. The Morgan fingerprint density at radius 2 is 2.13 bits per heavy atom. The largest absolute Gasteiger partial charge is 0.411 e. The number of nitrogens with zero attached hydrogens (tertiary/aromatic N) is 2. The van der Waals surface area contributed by atoms with Crippen LogP contribution in [0.5, 0.6) is 0 Å². The van der Waals surface area contributed by atoms with Crippen molar-refractivity contribution in [1.82, 2.24) is 15.5 Å². The van der Waals surface area contributed by atoms with E-state index in [-0.39, 0.29) is 5.91 Å². The number of carbonyl (C=O) groups is 1. The molecule has 0 saturated carbocycles. The standard InChI is InChI=1S/C17H23N3O2S/c1-3-4-5-6-10-18-15(21)12-23-17-20-19-16(22-17)14-9-7-8-13(2)11-14/h7-9,11H,3-6,10,12H2,1-2H3,(H,18,21). The molecular formula is C17H23N3O2S. The van der Waals surface area contributed by atoms with Gasteiger partial charge in [0, 0.05) is 12.1 Å². The van der Waals surface area contributed by atoms with E-state index in [0.29, 0.717) is 16.9 Å². The van der Waals surface area contributed by atoms with Crippen molar-refractivity contribution in [3.8, 4) is 11.5 Å². The lowest BCUT2D eigenvalue weighted by molar-refractivity contribution is -0.118. The van der Waals surface area contributed by atoms with E-state index in [1.165, 1.54) is 24.6 Å². The molecule has 0 atom stereocenters. The average molecular weight is 333 g/mol. The van der Waals surface area contributed by atoms with Crippen LogP contribution in [-0.4, -0.2) is 28.4 Å². The molecule has 0 aliphatic carbocycles. The first-order valence-electron chi connectivity index (χ1n) is 7.99. The third-order valence-electron chi connectivity index (χ3n) is 3.35. The molecule has 23 heavy (non-hydrogen) atoms. The highest BCUT2D eigenvalue weighted by molar-refractivity contribution is 7.99. The third-order valence-corrected chi connectivity index (χ3v) is 4.17. The number of hydrogen-bond donors (Lipinski definition) is 1. The molecule has 1 heterocycles. The smallest absolute Gasteiger partial charge is 0.277 e. The maximum Gasteiger partial charge on any atom is 0.277 e. The molecule has 5 nitrogen and oxygen atoms in total. The number of aryl methyl sites for hydroxylation is 1. The fraction of sp³-hybridized carbons (Fsp3) is 0.471. The zero-order valence-electron chi connectivity index (χ0n) is 13.7. The van der Waals surface area contributed by atoms with Crippen molar-refractivity contribution in [2.75, 3.05) is 12.3 Å². The maximum atomic E-state index is 11.7. The van der Waals surface area contributed by atoms with Gasteiger partial charge in [0.25, 0.3) is 5.22 Å². The molecule has 0 unspecified atom stereocenters. The number of benzene rings is 1. The summed E-state index contributed by atoms with van der Waals surface area (Å²) in [6.45, 7) is 4.92. The van der Waals surface area contributed by atoms with E-state index in [1.807, 2.05) is 31.2 Å². The summed E-state index contributed by atoms with van der Waals surface area (Å²) in [5.41, 5.74) is 2.03. The number of amides is 1. The highest BCUT2D eigenvalue weighted by Gasteiger charge is 2.11. The van der Waals surface area contributed by atoms with Gasteiger partial charge in [-0.05, 0) is 25.5 Å². The van der Waals surface area contributed by atoms with Gasteiger partial charge in [-0.25, -0.2) is 0 Å². The van der Waals surface area contributed by atoms with Crippen molar-refractivity contribution in [3.05, 3.63) is 29.8 Å². The van der Waals surface area contributed by atoms with Crippen molar-refractivity contribution in [2.24, 2.45) is 0 Å².